The molecule has 0 saturated heterocycles. The van der Waals surface area contributed by atoms with Gasteiger partial charge in [-0.2, -0.15) is 0 Å². The second-order valence-corrected chi connectivity index (χ2v) is 8.88. The van der Waals surface area contributed by atoms with Crippen LogP contribution in [0.1, 0.15) is 19.4 Å². The average Bonchev–Trinajstić information content (AvgIpc) is 2.79. The second kappa shape index (κ2) is 6.54. The minimum atomic E-state index is -4.09. The van der Waals surface area contributed by atoms with E-state index >= 15 is 0 Å². The number of benzene rings is 1. The fraction of sp³-hybridized carbons (Fsp3) is 0.467. The predicted molar refractivity (Wildman–Crippen MR) is 93.0 cm³/mol. The molecule has 132 valence electrons. The van der Waals surface area contributed by atoms with Gasteiger partial charge in [0.25, 0.3) is 10.0 Å². The Bertz CT molecular complexity index is 773. The van der Waals surface area contributed by atoms with Crippen LogP contribution in [0.4, 0.5) is 0 Å². The zero-order valence-electron chi connectivity index (χ0n) is 13.7. The minimum Gasteiger partial charge on any atom is -0.467 e. The molecule has 0 amide bonds. The Morgan fingerprint density at radius 1 is 1.29 bits per heavy atom. The number of esters is 1. The summed E-state index contributed by atoms with van der Waals surface area (Å²) in [4.78, 5) is 15.3. The zero-order chi connectivity index (χ0) is 18.3. The minimum absolute atomic E-state index is 0.0152. The van der Waals surface area contributed by atoms with Gasteiger partial charge in [0.1, 0.15) is 5.84 Å². The molecule has 1 aliphatic heterocycles. The van der Waals surface area contributed by atoms with Crippen molar-refractivity contribution in [2.75, 3.05) is 7.11 Å². The van der Waals surface area contributed by atoms with Gasteiger partial charge in [0, 0.05) is 0 Å². The molecule has 0 bridgehead atoms. The first-order valence-corrected chi connectivity index (χ1v) is 9.40. The number of aryl methyl sites for hydroxylation is 1. The van der Waals surface area contributed by atoms with Crippen LogP contribution in [0, 0.1) is 6.92 Å². The summed E-state index contributed by atoms with van der Waals surface area (Å²) in [6.45, 7) is 5.08. The topological polar surface area (TPSA) is 76.0 Å². The van der Waals surface area contributed by atoms with Crippen LogP contribution in [0.25, 0.3) is 0 Å². The standard InChI is InChI=1S/C15H18Cl2N2O4S/c1-9-5-7-10(8-6-9)24(21,22)19-11(14(20)23-4)15(2,3)18-13(19)12(16)17/h5-8,11-12H,1-4H3. The lowest BCUT2D eigenvalue weighted by Gasteiger charge is -2.30. The monoisotopic (exact) mass is 392 g/mol. The molecular formula is C15H18Cl2N2O4S. The molecule has 1 heterocycles. The fourth-order valence-corrected chi connectivity index (χ4v) is 4.70. The SMILES string of the molecule is COC(=O)C1N(S(=O)(=O)c2ccc(C)cc2)C(C(Cl)Cl)=NC1(C)C. The Labute approximate surface area is 151 Å². The summed E-state index contributed by atoms with van der Waals surface area (Å²) in [5.41, 5.74) is -0.163. The molecule has 6 nitrogen and oxygen atoms in total. The van der Waals surface area contributed by atoms with Gasteiger partial charge in [-0.25, -0.2) is 17.5 Å². The van der Waals surface area contributed by atoms with E-state index in [4.69, 9.17) is 27.9 Å². The first kappa shape index (κ1) is 19.0. The van der Waals surface area contributed by atoms with E-state index in [1.54, 1.807) is 26.0 Å². The first-order chi connectivity index (χ1) is 11.0. The van der Waals surface area contributed by atoms with Crippen molar-refractivity contribution in [2.24, 2.45) is 4.99 Å². The third-order valence-electron chi connectivity index (χ3n) is 3.73. The van der Waals surface area contributed by atoms with Crippen LogP contribution < -0.4 is 0 Å². The predicted octanol–water partition coefficient (Wildman–Crippen LogP) is 2.52. The van der Waals surface area contributed by atoms with E-state index in [2.05, 4.69) is 4.99 Å². The highest BCUT2D eigenvalue weighted by molar-refractivity contribution is 7.89. The summed E-state index contributed by atoms with van der Waals surface area (Å²) in [5.74, 6) is -0.831. The van der Waals surface area contributed by atoms with Crippen LogP contribution in [0.5, 0.6) is 0 Å². The number of carbonyl (C=O) groups is 1. The largest absolute Gasteiger partial charge is 0.467 e. The van der Waals surface area contributed by atoms with E-state index in [0.717, 1.165) is 9.87 Å². The van der Waals surface area contributed by atoms with Crippen molar-refractivity contribution < 1.29 is 17.9 Å². The Balaban J connectivity index is 2.63. The van der Waals surface area contributed by atoms with Crippen molar-refractivity contribution >= 4 is 45.0 Å². The molecule has 24 heavy (non-hydrogen) atoms. The highest BCUT2D eigenvalue weighted by Crippen LogP contribution is 2.36. The van der Waals surface area contributed by atoms with Gasteiger partial charge >= 0.3 is 5.97 Å². The zero-order valence-corrected chi connectivity index (χ0v) is 16.0. The van der Waals surface area contributed by atoms with Gasteiger partial charge in [-0.3, -0.25) is 4.99 Å². The number of rotatable bonds is 4. The summed E-state index contributed by atoms with van der Waals surface area (Å²) >= 11 is 11.8. The lowest BCUT2D eigenvalue weighted by atomic mass is 9.97. The van der Waals surface area contributed by atoms with Crippen LogP contribution in [0.2, 0.25) is 0 Å². The maximum Gasteiger partial charge on any atom is 0.332 e. The number of amidine groups is 1. The van der Waals surface area contributed by atoms with Crippen LogP contribution in [0.15, 0.2) is 34.2 Å². The van der Waals surface area contributed by atoms with Gasteiger partial charge < -0.3 is 4.74 Å². The molecule has 0 aromatic heterocycles. The highest BCUT2D eigenvalue weighted by Gasteiger charge is 2.53. The molecule has 9 heteroatoms. The number of hydrogen-bond donors (Lipinski definition) is 0. The molecule has 0 N–H and O–H groups in total. The third-order valence-corrected chi connectivity index (χ3v) is 5.90. The number of aliphatic imine (C=N–C) groups is 1. The normalized spacial score (nSPS) is 20.2. The highest BCUT2D eigenvalue weighted by atomic mass is 35.5. The van der Waals surface area contributed by atoms with Gasteiger partial charge in [-0.05, 0) is 32.9 Å². The molecule has 0 fully saturated rings. The first-order valence-electron chi connectivity index (χ1n) is 7.09. The van der Waals surface area contributed by atoms with Crippen LogP contribution in [0.3, 0.4) is 0 Å². The van der Waals surface area contributed by atoms with Crippen molar-refractivity contribution in [3.63, 3.8) is 0 Å². The molecular weight excluding hydrogens is 375 g/mol. The van der Waals surface area contributed by atoms with Crippen molar-refractivity contribution in [2.45, 2.75) is 42.1 Å². The summed E-state index contributed by atoms with van der Waals surface area (Å²) in [5, 5.41) is 0. The number of methoxy groups -OCH3 is 1. The van der Waals surface area contributed by atoms with E-state index < -0.39 is 32.4 Å². The van der Waals surface area contributed by atoms with Crippen molar-refractivity contribution in [1.29, 1.82) is 0 Å². The molecule has 1 aromatic rings. The maximum absolute atomic E-state index is 13.1. The van der Waals surface area contributed by atoms with E-state index in [9.17, 15) is 13.2 Å². The summed E-state index contributed by atoms with van der Waals surface area (Å²) in [6, 6.07) is 5.05. The van der Waals surface area contributed by atoms with Crippen LogP contribution >= 0.6 is 23.2 Å². The molecule has 1 aliphatic rings. The van der Waals surface area contributed by atoms with Crippen molar-refractivity contribution in [3.8, 4) is 0 Å². The van der Waals surface area contributed by atoms with Crippen LogP contribution in [-0.4, -0.2) is 48.1 Å². The average molecular weight is 393 g/mol. The molecule has 1 atom stereocenters. The quantitative estimate of drug-likeness (QED) is 0.582. The van der Waals surface area contributed by atoms with Gasteiger partial charge in [0.15, 0.2) is 10.9 Å². The number of alkyl halides is 2. The number of sulfonamides is 1. The number of ether oxygens (including phenoxy) is 1. The maximum atomic E-state index is 13.1. The van der Waals surface area contributed by atoms with Gasteiger partial charge in [-0.15, -0.1) is 0 Å². The van der Waals surface area contributed by atoms with E-state index in [-0.39, 0.29) is 10.7 Å². The molecule has 0 spiro atoms. The van der Waals surface area contributed by atoms with E-state index in [1.807, 2.05) is 6.92 Å². The van der Waals surface area contributed by atoms with Crippen LogP contribution in [-0.2, 0) is 19.6 Å². The Kier molecular flexibility index (Phi) is 5.18. The third kappa shape index (κ3) is 3.25. The summed E-state index contributed by atoms with van der Waals surface area (Å²) in [6.07, 6.45) is 0. The van der Waals surface area contributed by atoms with Gasteiger partial charge in [0.05, 0.1) is 17.5 Å². The summed E-state index contributed by atoms with van der Waals surface area (Å²) < 4.78 is 31.8. The number of hydrogen-bond acceptors (Lipinski definition) is 5. The lowest BCUT2D eigenvalue weighted by Crippen LogP contribution is -2.53. The second-order valence-electron chi connectivity index (χ2n) is 5.96. The molecule has 0 aliphatic carbocycles. The van der Waals surface area contributed by atoms with Crippen molar-refractivity contribution in [1.82, 2.24) is 4.31 Å². The molecule has 1 unspecified atom stereocenters. The smallest absolute Gasteiger partial charge is 0.332 e. The van der Waals surface area contributed by atoms with E-state index in [0.29, 0.717) is 0 Å². The molecule has 0 saturated carbocycles. The Morgan fingerprint density at radius 2 is 1.83 bits per heavy atom. The molecule has 2 rings (SSSR count). The van der Waals surface area contributed by atoms with Gasteiger partial charge in [-0.1, -0.05) is 40.9 Å². The number of nitrogens with zero attached hydrogens (tertiary/aromatic N) is 2. The van der Waals surface area contributed by atoms with E-state index in [1.165, 1.54) is 19.2 Å². The Morgan fingerprint density at radius 3 is 2.29 bits per heavy atom. The number of carbonyl (C=O) groups excluding carboxylic acids is 1. The van der Waals surface area contributed by atoms with Gasteiger partial charge in [0.2, 0.25) is 0 Å². The lowest BCUT2D eigenvalue weighted by molar-refractivity contribution is -0.145. The number of halogens is 2. The summed E-state index contributed by atoms with van der Waals surface area (Å²) in [7, 11) is -2.91. The fourth-order valence-electron chi connectivity index (χ4n) is 2.55. The van der Waals surface area contributed by atoms with Crippen molar-refractivity contribution in [3.05, 3.63) is 29.8 Å². The molecule has 1 aromatic carbocycles. The Hall–Kier alpha value is -1.31. The molecule has 0 radical (unpaired) electrons.